The summed E-state index contributed by atoms with van der Waals surface area (Å²) in [5.41, 5.74) is 6.23. The van der Waals surface area contributed by atoms with E-state index in [0.717, 1.165) is 0 Å². The molecule has 0 aliphatic carbocycles. The molecule has 0 saturated carbocycles. The number of hydrogen-bond donors (Lipinski definition) is 3. The van der Waals surface area contributed by atoms with Crippen LogP contribution in [0.5, 0.6) is 11.5 Å². The Morgan fingerprint density at radius 3 is 2.67 bits per heavy atom. The molecule has 0 radical (unpaired) electrons. The molecule has 84 valence electrons. The predicted molar refractivity (Wildman–Crippen MR) is 57.9 cm³/mol. The minimum Gasteiger partial charge on any atom is -0.504 e. The number of hydrogen-bond acceptors (Lipinski definition) is 4. The van der Waals surface area contributed by atoms with Crippen molar-refractivity contribution < 1.29 is 14.9 Å². The summed E-state index contributed by atoms with van der Waals surface area (Å²) >= 11 is 0. The molecular formula is C11H17NO3. The number of aromatic hydroxyl groups is 1. The van der Waals surface area contributed by atoms with Gasteiger partial charge in [0.1, 0.15) is 0 Å². The van der Waals surface area contributed by atoms with Gasteiger partial charge in [-0.15, -0.1) is 0 Å². The predicted octanol–water partition coefficient (Wildman–Crippen LogP) is 1.17. The molecular weight excluding hydrogens is 194 g/mol. The summed E-state index contributed by atoms with van der Waals surface area (Å²) in [6, 6.07) is 4.47. The summed E-state index contributed by atoms with van der Waals surface area (Å²) in [6.45, 7) is 3.89. The lowest BCUT2D eigenvalue weighted by Gasteiger charge is -2.17. The minimum atomic E-state index is -0.715. The van der Waals surface area contributed by atoms with Crippen LogP contribution in [0.3, 0.4) is 0 Å². The number of benzene rings is 1. The molecule has 0 fully saturated rings. The van der Waals surface area contributed by atoms with E-state index < -0.39 is 12.1 Å². The topological polar surface area (TPSA) is 75.7 Å². The number of phenols is 1. The largest absolute Gasteiger partial charge is 0.504 e. The number of aliphatic hydroxyl groups is 1. The van der Waals surface area contributed by atoms with Gasteiger partial charge in [-0.3, -0.25) is 0 Å². The summed E-state index contributed by atoms with van der Waals surface area (Å²) in [4.78, 5) is 0. The number of nitrogens with two attached hydrogens (primary N) is 1. The van der Waals surface area contributed by atoms with E-state index in [-0.39, 0.29) is 5.75 Å². The highest BCUT2D eigenvalue weighted by Crippen LogP contribution is 2.33. The summed E-state index contributed by atoms with van der Waals surface area (Å²) in [6.07, 6.45) is -0.715. The first-order valence-electron chi connectivity index (χ1n) is 4.96. The third-order valence-electron chi connectivity index (χ3n) is 2.21. The Hall–Kier alpha value is -1.26. The van der Waals surface area contributed by atoms with Gasteiger partial charge in [0.25, 0.3) is 0 Å². The van der Waals surface area contributed by atoms with Crippen LogP contribution in [0, 0.1) is 0 Å². The zero-order chi connectivity index (χ0) is 11.4. The van der Waals surface area contributed by atoms with E-state index in [1.54, 1.807) is 25.1 Å². The second kappa shape index (κ2) is 5.00. The molecule has 1 aromatic rings. The van der Waals surface area contributed by atoms with Crippen LogP contribution in [0.25, 0.3) is 0 Å². The van der Waals surface area contributed by atoms with Crippen LogP contribution in [0.2, 0.25) is 0 Å². The molecule has 0 aliphatic rings. The Labute approximate surface area is 89.3 Å². The van der Waals surface area contributed by atoms with Crippen molar-refractivity contribution in [2.45, 2.75) is 26.0 Å². The van der Waals surface area contributed by atoms with Gasteiger partial charge in [0.2, 0.25) is 0 Å². The van der Waals surface area contributed by atoms with E-state index in [0.29, 0.717) is 17.9 Å². The Morgan fingerprint density at radius 2 is 2.13 bits per heavy atom. The summed E-state index contributed by atoms with van der Waals surface area (Å²) < 4.78 is 5.22. The Balaban J connectivity index is 3.03. The molecule has 0 heterocycles. The number of aliphatic hydroxyl groups excluding tert-OH is 1. The highest BCUT2D eigenvalue weighted by atomic mass is 16.5. The summed E-state index contributed by atoms with van der Waals surface area (Å²) in [5.74, 6) is 0.402. The molecule has 4 heteroatoms. The van der Waals surface area contributed by atoms with Gasteiger partial charge in [-0.1, -0.05) is 12.1 Å². The van der Waals surface area contributed by atoms with Crippen molar-refractivity contribution in [1.29, 1.82) is 0 Å². The van der Waals surface area contributed by atoms with Crippen LogP contribution in [-0.2, 0) is 0 Å². The molecule has 0 amide bonds. The van der Waals surface area contributed by atoms with Gasteiger partial charge in [0, 0.05) is 5.56 Å². The molecule has 0 bridgehead atoms. The first-order chi connectivity index (χ1) is 7.07. The molecule has 1 aromatic carbocycles. The monoisotopic (exact) mass is 211 g/mol. The first kappa shape index (κ1) is 11.8. The first-order valence-corrected chi connectivity index (χ1v) is 4.96. The normalized spacial score (nSPS) is 14.7. The quantitative estimate of drug-likeness (QED) is 0.698. The molecule has 15 heavy (non-hydrogen) atoms. The van der Waals surface area contributed by atoms with E-state index in [2.05, 4.69) is 0 Å². The summed E-state index contributed by atoms with van der Waals surface area (Å²) in [5, 5.41) is 19.2. The fraction of sp³-hybridized carbons (Fsp3) is 0.455. The standard InChI is InChI=1S/C11H17NO3/c1-3-15-9-6-4-5-8(11(9)14)10(12)7(2)13/h4-7,10,13-14H,3,12H2,1-2H3/t7-,10-/m1/s1. The molecule has 0 saturated heterocycles. The van der Waals surface area contributed by atoms with Crippen molar-refractivity contribution in [2.24, 2.45) is 5.73 Å². The van der Waals surface area contributed by atoms with E-state index in [1.165, 1.54) is 0 Å². The van der Waals surface area contributed by atoms with Crippen molar-refractivity contribution in [3.05, 3.63) is 23.8 Å². The fourth-order valence-corrected chi connectivity index (χ4v) is 1.34. The van der Waals surface area contributed by atoms with E-state index in [1.807, 2.05) is 6.92 Å². The maximum atomic E-state index is 9.82. The van der Waals surface area contributed by atoms with Gasteiger partial charge in [-0.25, -0.2) is 0 Å². The Morgan fingerprint density at radius 1 is 1.47 bits per heavy atom. The SMILES string of the molecule is CCOc1cccc([C@H](N)[C@@H](C)O)c1O. The van der Waals surface area contributed by atoms with Crippen LogP contribution < -0.4 is 10.5 Å². The smallest absolute Gasteiger partial charge is 0.162 e. The fourth-order valence-electron chi connectivity index (χ4n) is 1.34. The zero-order valence-corrected chi connectivity index (χ0v) is 8.97. The van der Waals surface area contributed by atoms with Crippen molar-refractivity contribution in [2.75, 3.05) is 6.61 Å². The van der Waals surface area contributed by atoms with Gasteiger partial charge in [-0.05, 0) is 19.9 Å². The van der Waals surface area contributed by atoms with Crippen molar-refractivity contribution in [1.82, 2.24) is 0 Å². The second-order valence-electron chi connectivity index (χ2n) is 3.39. The number of phenolic OH excluding ortho intramolecular Hbond substituents is 1. The highest BCUT2D eigenvalue weighted by Gasteiger charge is 2.18. The van der Waals surface area contributed by atoms with Crippen LogP contribution >= 0.6 is 0 Å². The summed E-state index contributed by atoms with van der Waals surface area (Å²) in [7, 11) is 0. The highest BCUT2D eigenvalue weighted by molar-refractivity contribution is 5.47. The zero-order valence-electron chi connectivity index (χ0n) is 8.97. The van der Waals surface area contributed by atoms with Crippen molar-refractivity contribution in [3.63, 3.8) is 0 Å². The lowest BCUT2D eigenvalue weighted by Crippen LogP contribution is -2.23. The molecule has 0 aromatic heterocycles. The molecule has 0 aliphatic heterocycles. The average Bonchev–Trinajstić information content (AvgIpc) is 2.20. The Bertz CT molecular complexity index is 326. The lowest BCUT2D eigenvalue weighted by atomic mass is 10.0. The molecule has 4 nitrogen and oxygen atoms in total. The molecule has 0 unspecified atom stereocenters. The third kappa shape index (κ3) is 2.61. The maximum absolute atomic E-state index is 9.82. The Kier molecular flexibility index (Phi) is 3.94. The molecule has 0 spiro atoms. The van der Waals surface area contributed by atoms with Gasteiger partial charge in [0.05, 0.1) is 18.8 Å². The molecule has 4 N–H and O–H groups in total. The van der Waals surface area contributed by atoms with Gasteiger partial charge < -0.3 is 20.7 Å². The van der Waals surface area contributed by atoms with E-state index >= 15 is 0 Å². The second-order valence-corrected chi connectivity index (χ2v) is 3.39. The number of ether oxygens (including phenoxy) is 1. The number of para-hydroxylation sites is 1. The van der Waals surface area contributed by atoms with E-state index in [9.17, 15) is 10.2 Å². The van der Waals surface area contributed by atoms with Gasteiger partial charge in [0.15, 0.2) is 11.5 Å². The molecule has 2 atom stereocenters. The van der Waals surface area contributed by atoms with Crippen LogP contribution in [0.15, 0.2) is 18.2 Å². The maximum Gasteiger partial charge on any atom is 0.162 e. The van der Waals surface area contributed by atoms with Gasteiger partial charge in [-0.2, -0.15) is 0 Å². The molecule has 1 rings (SSSR count). The van der Waals surface area contributed by atoms with Crippen molar-refractivity contribution >= 4 is 0 Å². The van der Waals surface area contributed by atoms with Gasteiger partial charge >= 0.3 is 0 Å². The minimum absolute atomic E-state index is 0.00718. The van der Waals surface area contributed by atoms with Crippen LogP contribution in [-0.4, -0.2) is 22.9 Å². The van der Waals surface area contributed by atoms with Crippen LogP contribution in [0.4, 0.5) is 0 Å². The lowest BCUT2D eigenvalue weighted by molar-refractivity contribution is 0.162. The van der Waals surface area contributed by atoms with Crippen LogP contribution in [0.1, 0.15) is 25.5 Å². The average molecular weight is 211 g/mol. The van der Waals surface area contributed by atoms with E-state index in [4.69, 9.17) is 10.5 Å². The third-order valence-corrected chi connectivity index (χ3v) is 2.21. The number of rotatable bonds is 4. The van der Waals surface area contributed by atoms with Crippen molar-refractivity contribution in [3.8, 4) is 11.5 Å².